The number of hydrogen-bond donors (Lipinski definition) is 1. The van der Waals surface area contributed by atoms with Gasteiger partial charge in [0.2, 0.25) is 0 Å². The molecule has 0 aliphatic carbocycles. The first-order valence-corrected chi connectivity index (χ1v) is 7.81. The van der Waals surface area contributed by atoms with E-state index in [0.29, 0.717) is 17.0 Å². The zero-order valence-electron chi connectivity index (χ0n) is 13.6. The van der Waals surface area contributed by atoms with Crippen LogP contribution in [0.4, 0.5) is 10.1 Å². The van der Waals surface area contributed by atoms with Gasteiger partial charge in [-0.15, -0.1) is 0 Å². The van der Waals surface area contributed by atoms with Crippen LogP contribution in [0.1, 0.15) is 5.56 Å². The molecule has 5 nitrogen and oxygen atoms in total. The summed E-state index contributed by atoms with van der Waals surface area (Å²) in [6.07, 6.45) is 1.91. The molecule has 0 bridgehead atoms. The predicted octanol–water partition coefficient (Wildman–Crippen LogP) is 2.38. The van der Waals surface area contributed by atoms with E-state index in [1.807, 2.05) is 0 Å². The molecule has 1 heterocycles. The number of carbonyl (C=O) groups is 2. The van der Waals surface area contributed by atoms with E-state index < -0.39 is 11.9 Å². The molecule has 1 N–H and O–H groups in total. The molecule has 25 heavy (non-hydrogen) atoms. The third-order valence-electron chi connectivity index (χ3n) is 3.89. The van der Waals surface area contributed by atoms with Crippen molar-refractivity contribution < 1.29 is 18.7 Å². The van der Waals surface area contributed by atoms with Crippen LogP contribution in [0.5, 0.6) is 5.75 Å². The minimum Gasteiger partial charge on any atom is -0.477 e. The molecule has 3 rings (SSSR count). The highest BCUT2D eigenvalue weighted by Gasteiger charge is 2.32. The van der Waals surface area contributed by atoms with E-state index in [0.717, 1.165) is 0 Å². The SMILES string of the molecule is CNC(=O)[C@H]1CN(C(=O)/C=C/c2ccccc2F)c2ccccc2O1. The van der Waals surface area contributed by atoms with Crippen LogP contribution in [0.15, 0.2) is 54.6 Å². The molecule has 6 heteroatoms. The van der Waals surface area contributed by atoms with Gasteiger partial charge in [0.1, 0.15) is 11.6 Å². The van der Waals surface area contributed by atoms with Crippen LogP contribution in [0, 0.1) is 5.82 Å². The van der Waals surface area contributed by atoms with Crippen molar-refractivity contribution >= 4 is 23.6 Å². The number of fused-ring (bicyclic) bond motifs is 1. The number of likely N-dealkylation sites (N-methyl/N-ethyl adjacent to an activating group) is 1. The Hall–Kier alpha value is -3.15. The summed E-state index contributed by atoms with van der Waals surface area (Å²) in [5.74, 6) is -0.620. The number of halogens is 1. The van der Waals surface area contributed by atoms with Gasteiger partial charge in [0.15, 0.2) is 6.10 Å². The summed E-state index contributed by atoms with van der Waals surface area (Å²) >= 11 is 0. The molecule has 0 spiro atoms. The number of rotatable bonds is 3. The number of para-hydroxylation sites is 2. The van der Waals surface area contributed by atoms with E-state index in [9.17, 15) is 14.0 Å². The van der Waals surface area contributed by atoms with E-state index in [1.54, 1.807) is 42.5 Å². The zero-order valence-corrected chi connectivity index (χ0v) is 13.6. The highest BCUT2D eigenvalue weighted by molar-refractivity contribution is 6.05. The van der Waals surface area contributed by atoms with Crippen molar-refractivity contribution in [3.8, 4) is 5.75 Å². The molecule has 0 saturated heterocycles. The van der Waals surface area contributed by atoms with E-state index in [-0.39, 0.29) is 18.4 Å². The Bertz CT molecular complexity index is 835. The van der Waals surface area contributed by atoms with Crippen LogP contribution >= 0.6 is 0 Å². The van der Waals surface area contributed by atoms with Gasteiger partial charge in [-0.2, -0.15) is 0 Å². The maximum atomic E-state index is 13.7. The maximum Gasteiger partial charge on any atom is 0.262 e. The Morgan fingerprint density at radius 1 is 1.20 bits per heavy atom. The Morgan fingerprint density at radius 2 is 1.92 bits per heavy atom. The fraction of sp³-hybridized carbons (Fsp3) is 0.158. The lowest BCUT2D eigenvalue weighted by Crippen LogP contribution is -2.49. The summed E-state index contributed by atoms with van der Waals surface area (Å²) in [6.45, 7) is 0.0805. The third kappa shape index (κ3) is 3.52. The van der Waals surface area contributed by atoms with E-state index in [1.165, 1.54) is 30.2 Å². The number of anilines is 1. The summed E-state index contributed by atoms with van der Waals surface area (Å²) in [5.41, 5.74) is 0.895. The number of nitrogens with zero attached hydrogens (tertiary/aromatic N) is 1. The van der Waals surface area contributed by atoms with Gasteiger partial charge in [0.25, 0.3) is 11.8 Å². The number of nitrogens with one attached hydrogen (secondary N) is 1. The van der Waals surface area contributed by atoms with Gasteiger partial charge in [-0.1, -0.05) is 30.3 Å². The van der Waals surface area contributed by atoms with Crippen LogP contribution in [0.3, 0.4) is 0 Å². The monoisotopic (exact) mass is 340 g/mol. The molecule has 0 saturated carbocycles. The first kappa shape index (κ1) is 16.7. The quantitative estimate of drug-likeness (QED) is 0.873. The summed E-state index contributed by atoms with van der Waals surface area (Å²) in [4.78, 5) is 26.0. The lowest BCUT2D eigenvalue weighted by atomic mass is 10.1. The normalized spacial score (nSPS) is 16.2. The molecular formula is C19H17FN2O3. The number of ether oxygens (including phenoxy) is 1. The predicted molar refractivity (Wildman–Crippen MR) is 92.7 cm³/mol. The fourth-order valence-corrected chi connectivity index (χ4v) is 2.60. The molecule has 2 aromatic carbocycles. The fourth-order valence-electron chi connectivity index (χ4n) is 2.60. The minimum atomic E-state index is -0.800. The van der Waals surface area contributed by atoms with Crippen LogP contribution in [-0.4, -0.2) is 31.5 Å². The summed E-state index contributed by atoms with van der Waals surface area (Å²) in [6, 6.07) is 13.2. The lowest BCUT2D eigenvalue weighted by Gasteiger charge is -2.33. The van der Waals surface area contributed by atoms with Crippen LogP contribution in [0.2, 0.25) is 0 Å². The van der Waals surface area contributed by atoms with Crippen molar-refractivity contribution in [2.24, 2.45) is 0 Å². The van der Waals surface area contributed by atoms with Gasteiger partial charge in [0, 0.05) is 18.7 Å². The van der Waals surface area contributed by atoms with Crippen LogP contribution in [0.25, 0.3) is 6.08 Å². The van der Waals surface area contributed by atoms with E-state index in [2.05, 4.69) is 5.32 Å². The Balaban J connectivity index is 1.88. The molecule has 0 radical (unpaired) electrons. The highest BCUT2D eigenvalue weighted by atomic mass is 19.1. The average molecular weight is 340 g/mol. The molecule has 1 aliphatic heterocycles. The molecule has 128 valence electrons. The molecule has 0 aromatic heterocycles. The molecule has 0 unspecified atom stereocenters. The topological polar surface area (TPSA) is 58.6 Å². The summed E-state index contributed by atoms with van der Waals surface area (Å²) in [7, 11) is 1.51. The van der Waals surface area contributed by atoms with Gasteiger partial charge in [-0.05, 0) is 24.3 Å². The average Bonchev–Trinajstić information content (AvgIpc) is 2.65. The molecular weight excluding hydrogens is 323 g/mol. The smallest absolute Gasteiger partial charge is 0.262 e. The van der Waals surface area contributed by atoms with Crippen molar-refractivity contribution in [3.05, 3.63) is 66.0 Å². The van der Waals surface area contributed by atoms with Crippen molar-refractivity contribution in [1.82, 2.24) is 5.32 Å². The summed E-state index contributed by atoms with van der Waals surface area (Å²) in [5, 5.41) is 2.52. The molecule has 1 aliphatic rings. The first-order valence-electron chi connectivity index (χ1n) is 7.81. The van der Waals surface area contributed by atoms with Crippen molar-refractivity contribution in [3.63, 3.8) is 0 Å². The number of benzene rings is 2. The van der Waals surface area contributed by atoms with Gasteiger partial charge in [-0.25, -0.2) is 4.39 Å². The first-order chi connectivity index (χ1) is 12.1. The second-order valence-electron chi connectivity index (χ2n) is 5.49. The maximum absolute atomic E-state index is 13.7. The molecule has 0 fully saturated rings. The highest BCUT2D eigenvalue weighted by Crippen LogP contribution is 2.33. The number of amides is 2. The molecule has 2 aromatic rings. The van der Waals surface area contributed by atoms with Crippen molar-refractivity contribution in [2.45, 2.75) is 6.10 Å². The molecule has 1 atom stereocenters. The van der Waals surface area contributed by atoms with Gasteiger partial charge < -0.3 is 15.0 Å². The largest absolute Gasteiger partial charge is 0.477 e. The van der Waals surface area contributed by atoms with Gasteiger partial charge >= 0.3 is 0 Å². The summed E-state index contributed by atoms with van der Waals surface area (Å²) < 4.78 is 19.3. The van der Waals surface area contributed by atoms with E-state index >= 15 is 0 Å². The van der Waals surface area contributed by atoms with Crippen molar-refractivity contribution in [2.75, 3.05) is 18.5 Å². The van der Waals surface area contributed by atoms with Crippen LogP contribution in [-0.2, 0) is 9.59 Å². The third-order valence-corrected chi connectivity index (χ3v) is 3.89. The Labute approximate surface area is 144 Å². The Kier molecular flexibility index (Phi) is 4.79. The Morgan fingerprint density at radius 3 is 2.68 bits per heavy atom. The van der Waals surface area contributed by atoms with Gasteiger partial charge in [-0.3, -0.25) is 9.59 Å². The van der Waals surface area contributed by atoms with Crippen molar-refractivity contribution in [1.29, 1.82) is 0 Å². The van der Waals surface area contributed by atoms with Crippen LogP contribution < -0.4 is 15.0 Å². The standard InChI is InChI=1S/C19H17FN2O3/c1-21-19(24)17-12-22(15-8-4-5-9-16(15)25-17)18(23)11-10-13-6-2-3-7-14(13)20/h2-11,17H,12H2,1H3,(H,21,24)/b11-10+/t17-/m1/s1. The zero-order chi connectivity index (χ0) is 17.8. The second kappa shape index (κ2) is 7.17. The second-order valence-corrected chi connectivity index (χ2v) is 5.49. The number of hydrogen-bond acceptors (Lipinski definition) is 3. The number of carbonyl (C=O) groups excluding carboxylic acids is 2. The van der Waals surface area contributed by atoms with E-state index in [4.69, 9.17) is 4.74 Å². The van der Waals surface area contributed by atoms with Gasteiger partial charge in [0.05, 0.1) is 12.2 Å². The minimum absolute atomic E-state index is 0.0805. The molecule has 2 amide bonds. The lowest BCUT2D eigenvalue weighted by molar-refractivity contribution is -0.127.